The van der Waals surface area contributed by atoms with Gasteiger partial charge >= 0.3 is 18.2 Å². The number of likely N-dealkylation sites (tertiary alicyclic amines) is 1. The molecule has 8 nitrogen and oxygen atoms in total. The molecule has 0 spiro atoms. The molecule has 32 heavy (non-hydrogen) atoms. The Morgan fingerprint density at radius 1 is 1.12 bits per heavy atom. The molecule has 8 heteroatoms. The average Bonchev–Trinajstić information content (AvgIpc) is 2.74. The first kappa shape index (κ1) is 25.5. The van der Waals surface area contributed by atoms with Crippen LogP contribution >= 0.6 is 0 Å². The van der Waals surface area contributed by atoms with Crippen LogP contribution in [0.4, 0.5) is 9.59 Å². The Morgan fingerprint density at radius 3 is 2.34 bits per heavy atom. The van der Waals surface area contributed by atoms with Gasteiger partial charge in [-0.05, 0) is 38.7 Å². The monoisotopic (exact) mass is 448 g/mol. The molecule has 0 radical (unpaired) electrons. The summed E-state index contributed by atoms with van der Waals surface area (Å²) in [6.07, 6.45) is -0.598. The lowest BCUT2D eigenvalue weighted by Gasteiger charge is -2.42. The molecule has 1 aliphatic heterocycles. The molecular formula is C24H36N2O6. The Kier molecular flexibility index (Phi) is 8.92. The fraction of sp³-hybridized carbons (Fsp3) is 0.625. The summed E-state index contributed by atoms with van der Waals surface area (Å²) in [6.45, 7) is 10.4. The largest absolute Gasteiger partial charge is 0.469 e. The molecule has 0 bridgehead atoms. The van der Waals surface area contributed by atoms with Crippen LogP contribution in [0.2, 0.25) is 0 Å². The van der Waals surface area contributed by atoms with E-state index in [1.54, 1.807) is 25.7 Å². The van der Waals surface area contributed by atoms with Gasteiger partial charge in [-0.15, -0.1) is 0 Å². The van der Waals surface area contributed by atoms with Crippen LogP contribution in [0.5, 0.6) is 0 Å². The van der Waals surface area contributed by atoms with Gasteiger partial charge in [-0.3, -0.25) is 4.79 Å². The first-order chi connectivity index (χ1) is 15.0. The van der Waals surface area contributed by atoms with Gasteiger partial charge in [-0.25, -0.2) is 9.59 Å². The summed E-state index contributed by atoms with van der Waals surface area (Å²) < 4.78 is 16.0. The first-order valence-corrected chi connectivity index (χ1v) is 11.0. The highest BCUT2D eigenvalue weighted by Crippen LogP contribution is 2.25. The zero-order chi connectivity index (χ0) is 23.9. The van der Waals surface area contributed by atoms with Gasteiger partial charge in [-0.2, -0.15) is 0 Å². The zero-order valence-corrected chi connectivity index (χ0v) is 20.0. The summed E-state index contributed by atoms with van der Waals surface area (Å²) >= 11 is 0. The van der Waals surface area contributed by atoms with Crippen LogP contribution in [0.25, 0.3) is 0 Å². The molecule has 0 aliphatic carbocycles. The highest BCUT2D eigenvalue weighted by atomic mass is 16.6. The Hall–Kier alpha value is -2.77. The van der Waals surface area contributed by atoms with Gasteiger partial charge in [0.2, 0.25) is 0 Å². The van der Waals surface area contributed by atoms with E-state index in [-0.39, 0.29) is 25.6 Å². The van der Waals surface area contributed by atoms with Crippen molar-refractivity contribution in [3.63, 3.8) is 0 Å². The summed E-state index contributed by atoms with van der Waals surface area (Å²) in [5, 5.41) is 0. The Labute approximate surface area is 190 Å². The van der Waals surface area contributed by atoms with Crippen molar-refractivity contribution < 1.29 is 28.6 Å². The van der Waals surface area contributed by atoms with Gasteiger partial charge in [0.25, 0.3) is 0 Å². The second kappa shape index (κ2) is 11.2. The number of hydrogen-bond acceptors (Lipinski definition) is 6. The second-order valence-corrected chi connectivity index (χ2v) is 9.58. The minimum absolute atomic E-state index is 0.150. The molecule has 2 unspecified atom stereocenters. The van der Waals surface area contributed by atoms with Crippen molar-refractivity contribution in [2.24, 2.45) is 11.8 Å². The van der Waals surface area contributed by atoms with Crippen molar-refractivity contribution in [1.82, 2.24) is 9.80 Å². The van der Waals surface area contributed by atoms with Crippen molar-refractivity contribution in [3.05, 3.63) is 35.9 Å². The number of rotatable bonds is 6. The number of benzene rings is 1. The maximum atomic E-state index is 13.1. The highest BCUT2D eigenvalue weighted by molar-refractivity contribution is 5.75. The third kappa shape index (κ3) is 7.73. The Bertz CT molecular complexity index is 774. The SMILES string of the molecule is COC(=O)C1CC(N(CC(C)C)C(=O)OCc2ccccc2)CN(C(=O)OC(C)(C)C)C1. The van der Waals surface area contributed by atoms with Gasteiger partial charge < -0.3 is 24.0 Å². The fourth-order valence-corrected chi connectivity index (χ4v) is 3.68. The van der Waals surface area contributed by atoms with Crippen LogP contribution in [0.3, 0.4) is 0 Å². The minimum Gasteiger partial charge on any atom is -0.469 e. The van der Waals surface area contributed by atoms with Crippen molar-refractivity contribution >= 4 is 18.2 Å². The van der Waals surface area contributed by atoms with Crippen LogP contribution in [0.1, 0.15) is 46.6 Å². The maximum Gasteiger partial charge on any atom is 0.410 e. The number of carbonyl (C=O) groups excluding carboxylic acids is 3. The van der Waals surface area contributed by atoms with Crippen molar-refractivity contribution in [2.75, 3.05) is 26.7 Å². The van der Waals surface area contributed by atoms with Crippen LogP contribution in [0.15, 0.2) is 30.3 Å². The predicted molar refractivity (Wildman–Crippen MR) is 120 cm³/mol. The summed E-state index contributed by atoms with van der Waals surface area (Å²) in [6, 6.07) is 9.05. The van der Waals surface area contributed by atoms with Crippen molar-refractivity contribution in [1.29, 1.82) is 0 Å². The maximum absolute atomic E-state index is 13.1. The second-order valence-electron chi connectivity index (χ2n) is 9.58. The molecule has 2 rings (SSSR count). The van der Waals surface area contributed by atoms with E-state index < -0.39 is 35.7 Å². The number of esters is 1. The molecule has 0 saturated carbocycles. The highest BCUT2D eigenvalue weighted by Gasteiger charge is 2.40. The van der Waals surface area contributed by atoms with E-state index in [0.29, 0.717) is 13.0 Å². The molecule has 2 amide bonds. The minimum atomic E-state index is -0.670. The lowest BCUT2D eigenvalue weighted by Crippen LogP contribution is -2.56. The number of carbonyl (C=O) groups is 3. The molecule has 2 atom stereocenters. The van der Waals surface area contributed by atoms with Gasteiger partial charge in [0, 0.05) is 19.6 Å². The quantitative estimate of drug-likeness (QED) is 0.482. The number of methoxy groups -OCH3 is 1. The normalized spacial score (nSPS) is 18.8. The smallest absolute Gasteiger partial charge is 0.410 e. The van der Waals surface area contributed by atoms with Crippen molar-refractivity contribution in [3.8, 4) is 0 Å². The van der Waals surface area contributed by atoms with E-state index in [1.165, 1.54) is 12.0 Å². The van der Waals surface area contributed by atoms with E-state index in [4.69, 9.17) is 14.2 Å². The molecule has 1 aromatic rings. The lowest BCUT2D eigenvalue weighted by atomic mass is 9.93. The van der Waals surface area contributed by atoms with Crippen LogP contribution < -0.4 is 0 Å². The number of amides is 2. The first-order valence-electron chi connectivity index (χ1n) is 11.0. The summed E-state index contributed by atoms with van der Waals surface area (Å²) in [5.41, 5.74) is 0.216. The molecule has 1 aliphatic rings. The lowest BCUT2D eigenvalue weighted by molar-refractivity contribution is -0.148. The van der Waals surface area contributed by atoms with E-state index in [0.717, 1.165) is 5.56 Å². The summed E-state index contributed by atoms with van der Waals surface area (Å²) in [7, 11) is 1.32. The third-order valence-electron chi connectivity index (χ3n) is 5.06. The molecule has 1 heterocycles. The van der Waals surface area contributed by atoms with Crippen LogP contribution in [0, 0.1) is 11.8 Å². The zero-order valence-electron chi connectivity index (χ0n) is 20.0. The van der Waals surface area contributed by atoms with Gasteiger partial charge in [0.15, 0.2) is 0 Å². The summed E-state index contributed by atoms with van der Waals surface area (Å²) in [5.74, 6) is -0.791. The van der Waals surface area contributed by atoms with E-state index >= 15 is 0 Å². The molecule has 1 fully saturated rings. The third-order valence-corrected chi connectivity index (χ3v) is 5.06. The number of hydrogen-bond donors (Lipinski definition) is 0. The molecule has 0 aromatic heterocycles. The Balaban J connectivity index is 2.21. The van der Waals surface area contributed by atoms with E-state index in [2.05, 4.69) is 0 Å². The van der Waals surface area contributed by atoms with Crippen LogP contribution in [-0.4, -0.2) is 66.3 Å². The molecule has 1 saturated heterocycles. The van der Waals surface area contributed by atoms with Gasteiger partial charge in [-0.1, -0.05) is 44.2 Å². The van der Waals surface area contributed by atoms with E-state index in [9.17, 15) is 14.4 Å². The van der Waals surface area contributed by atoms with Crippen LogP contribution in [-0.2, 0) is 25.6 Å². The number of piperidine rings is 1. The standard InChI is InChI=1S/C24H36N2O6/c1-17(2)13-26(23(29)31-16-18-10-8-7-9-11-18)20-12-19(21(27)30-6)14-25(15-20)22(28)32-24(3,4)5/h7-11,17,19-20H,12-16H2,1-6H3. The molecule has 178 valence electrons. The van der Waals surface area contributed by atoms with Gasteiger partial charge in [0.1, 0.15) is 12.2 Å². The molecule has 1 aromatic carbocycles. The fourth-order valence-electron chi connectivity index (χ4n) is 3.68. The molecule has 0 N–H and O–H groups in total. The number of nitrogens with zero attached hydrogens (tertiary/aromatic N) is 2. The predicted octanol–water partition coefficient (Wildman–Crippen LogP) is 4.08. The van der Waals surface area contributed by atoms with Crippen molar-refractivity contribution in [2.45, 2.75) is 59.3 Å². The topological polar surface area (TPSA) is 85.4 Å². The summed E-state index contributed by atoms with van der Waals surface area (Å²) in [4.78, 5) is 41.3. The average molecular weight is 449 g/mol. The Morgan fingerprint density at radius 2 is 1.78 bits per heavy atom. The van der Waals surface area contributed by atoms with E-state index in [1.807, 2.05) is 44.2 Å². The van der Waals surface area contributed by atoms with Gasteiger partial charge in [0.05, 0.1) is 19.1 Å². The molecular weight excluding hydrogens is 412 g/mol. The number of ether oxygens (including phenoxy) is 3.